The molecular weight excluding hydrogens is 300 g/mol. The molecule has 0 amide bonds. The van der Waals surface area contributed by atoms with Crippen LogP contribution in [-0.4, -0.2) is 29.4 Å². The largest absolute Gasteiger partial charge is 0.497 e. The number of benzene rings is 2. The Morgan fingerprint density at radius 3 is 2.50 bits per heavy atom. The van der Waals surface area contributed by atoms with Gasteiger partial charge in [0.2, 0.25) is 0 Å². The maximum atomic E-state index is 10.4. The summed E-state index contributed by atoms with van der Waals surface area (Å²) >= 11 is 0. The first-order valence-electron chi connectivity index (χ1n) is 8.20. The quantitative estimate of drug-likeness (QED) is 0.726. The van der Waals surface area contributed by atoms with E-state index < -0.39 is 6.10 Å². The summed E-state index contributed by atoms with van der Waals surface area (Å²) in [6.45, 7) is 5.32. The minimum Gasteiger partial charge on any atom is -0.497 e. The highest BCUT2D eigenvalue weighted by atomic mass is 16.5. The highest BCUT2D eigenvalue weighted by molar-refractivity contribution is 5.85. The van der Waals surface area contributed by atoms with Crippen molar-refractivity contribution in [3.63, 3.8) is 0 Å². The minimum absolute atomic E-state index is 0.471. The molecular formula is C20H24N2O2. The number of hydrogen-bond donors (Lipinski definition) is 2. The van der Waals surface area contributed by atoms with E-state index in [0.29, 0.717) is 13.1 Å². The number of aromatic nitrogens is 1. The lowest BCUT2D eigenvalue weighted by Gasteiger charge is -2.16. The molecule has 0 fully saturated rings. The number of hydrogen-bond acceptors (Lipinski definition) is 3. The molecule has 1 aromatic heterocycles. The van der Waals surface area contributed by atoms with Gasteiger partial charge in [-0.05, 0) is 49.7 Å². The number of fused-ring (bicyclic) bond motifs is 1. The minimum atomic E-state index is -0.471. The Morgan fingerprint density at radius 1 is 1.08 bits per heavy atom. The Labute approximate surface area is 142 Å². The van der Waals surface area contributed by atoms with Crippen molar-refractivity contribution in [1.29, 1.82) is 0 Å². The van der Waals surface area contributed by atoms with E-state index in [1.54, 1.807) is 7.11 Å². The fourth-order valence-corrected chi connectivity index (χ4v) is 3.06. The molecule has 0 radical (unpaired) electrons. The fourth-order valence-electron chi connectivity index (χ4n) is 3.06. The van der Waals surface area contributed by atoms with Gasteiger partial charge >= 0.3 is 0 Å². The highest BCUT2D eigenvalue weighted by Gasteiger charge is 2.13. The van der Waals surface area contributed by atoms with Crippen LogP contribution in [0.3, 0.4) is 0 Å². The Hall–Kier alpha value is -2.46. The normalized spacial score (nSPS) is 12.3. The van der Waals surface area contributed by atoms with Crippen molar-refractivity contribution >= 4 is 16.6 Å². The van der Waals surface area contributed by atoms with Crippen molar-refractivity contribution in [3.05, 3.63) is 59.8 Å². The first-order chi connectivity index (χ1) is 11.6. The van der Waals surface area contributed by atoms with Gasteiger partial charge in [0, 0.05) is 28.8 Å². The number of aliphatic hydroxyl groups is 1. The number of methoxy groups -OCH3 is 1. The van der Waals surface area contributed by atoms with Crippen LogP contribution in [0.4, 0.5) is 5.69 Å². The van der Waals surface area contributed by atoms with Gasteiger partial charge in [0.05, 0.1) is 19.8 Å². The maximum absolute atomic E-state index is 10.4. The zero-order chi connectivity index (χ0) is 17.1. The molecule has 0 spiro atoms. The van der Waals surface area contributed by atoms with Crippen molar-refractivity contribution in [2.45, 2.75) is 26.5 Å². The number of aryl methyl sites for hydroxylation is 1. The lowest BCUT2D eigenvalue weighted by molar-refractivity contribution is 0.167. The van der Waals surface area contributed by atoms with E-state index in [4.69, 9.17) is 4.74 Å². The zero-order valence-electron chi connectivity index (χ0n) is 14.4. The summed E-state index contributed by atoms with van der Waals surface area (Å²) in [6, 6.07) is 16.1. The van der Waals surface area contributed by atoms with Gasteiger partial charge in [-0.2, -0.15) is 0 Å². The highest BCUT2D eigenvalue weighted by Crippen LogP contribution is 2.25. The number of rotatable bonds is 6. The summed E-state index contributed by atoms with van der Waals surface area (Å²) in [6.07, 6.45) is -0.471. The molecule has 2 N–H and O–H groups in total. The molecule has 0 unspecified atom stereocenters. The first kappa shape index (κ1) is 16.4. The van der Waals surface area contributed by atoms with E-state index in [1.165, 1.54) is 22.2 Å². The van der Waals surface area contributed by atoms with Gasteiger partial charge in [0.15, 0.2) is 0 Å². The van der Waals surface area contributed by atoms with Gasteiger partial charge in [-0.15, -0.1) is 0 Å². The number of para-hydroxylation sites is 1. The molecule has 3 rings (SSSR count). The molecule has 0 aliphatic carbocycles. The van der Waals surface area contributed by atoms with Crippen LogP contribution in [0.2, 0.25) is 0 Å². The summed E-state index contributed by atoms with van der Waals surface area (Å²) in [7, 11) is 1.65. The van der Waals surface area contributed by atoms with Crippen LogP contribution in [0.5, 0.6) is 5.75 Å². The second-order valence-corrected chi connectivity index (χ2v) is 6.10. The Balaban J connectivity index is 1.68. The molecule has 24 heavy (non-hydrogen) atoms. The van der Waals surface area contributed by atoms with E-state index in [-0.39, 0.29) is 0 Å². The average Bonchev–Trinajstić information content (AvgIpc) is 2.86. The van der Waals surface area contributed by atoms with Crippen molar-refractivity contribution in [1.82, 2.24) is 4.57 Å². The Bertz CT molecular complexity index is 822. The number of ether oxygens (including phenoxy) is 1. The number of anilines is 1. The van der Waals surface area contributed by atoms with Crippen LogP contribution in [0.25, 0.3) is 10.9 Å². The molecule has 4 nitrogen and oxygen atoms in total. The third-order valence-corrected chi connectivity index (χ3v) is 4.57. The molecule has 3 aromatic rings. The van der Waals surface area contributed by atoms with Crippen molar-refractivity contribution in [2.75, 3.05) is 19.0 Å². The number of aliphatic hydroxyl groups excluding tert-OH is 1. The van der Waals surface area contributed by atoms with Gasteiger partial charge in [-0.25, -0.2) is 0 Å². The van der Waals surface area contributed by atoms with Crippen molar-refractivity contribution in [2.24, 2.45) is 0 Å². The SMILES string of the molecule is COc1ccc(NC[C@H](O)Cn2c(C)c(C)c3ccccc32)cc1. The van der Waals surface area contributed by atoms with Crippen LogP contribution in [-0.2, 0) is 6.54 Å². The molecule has 2 aromatic carbocycles. The predicted molar refractivity (Wildman–Crippen MR) is 98.9 cm³/mol. The van der Waals surface area contributed by atoms with E-state index in [1.807, 2.05) is 30.3 Å². The molecule has 0 saturated heterocycles. The third kappa shape index (κ3) is 3.24. The van der Waals surface area contributed by atoms with E-state index in [2.05, 4.69) is 41.9 Å². The van der Waals surface area contributed by atoms with Crippen LogP contribution in [0, 0.1) is 13.8 Å². The standard InChI is InChI=1S/C20H24N2O2/c1-14-15(2)22(20-7-5-4-6-19(14)20)13-17(23)12-21-16-8-10-18(24-3)11-9-16/h4-11,17,21,23H,12-13H2,1-3H3/t17-/m0/s1. The number of nitrogens with zero attached hydrogens (tertiary/aromatic N) is 1. The summed E-state index contributed by atoms with van der Waals surface area (Å²) in [5.74, 6) is 0.825. The lowest BCUT2D eigenvalue weighted by atomic mass is 10.2. The lowest BCUT2D eigenvalue weighted by Crippen LogP contribution is -2.25. The molecule has 1 atom stereocenters. The molecule has 0 bridgehead atoms. The molecule has 1 heterocycles. The second kappa shape index (κ2) is 6.97. The predicted octanol–water partition coefficient (Wildman–Crippen LogP) is 3.74. The Kier molecular flexibility index (Phi) is 4.76. The zero-order valence-corrected chi connectivity index (χ0v) is 14.4. The van der Waals surface area contributed by atoms with E-state index in [9.17, 15) is 5.11 Å². The topological polar surface area (TPSA) is 46.4 Å². The van der Waals surface area contributed by atoms with Crippen LogP contribution < -0.4 is 10.1 Å². The summed E-state index contributed by atoms with van der Waals surface area (Å²) < 4.78 is 7.35. The second-order valence-electron chi connectivity index (χ2n) is 6.10. The maximum Gasteiger partial charge on any atom is 0.119 e. The monoisotopic (exact) mass is 324 g/mol. The first-order valence-corrected chi connectivity index (χ1v) is 8.20. The average molecular weight is 324 g/mol. The van der Waals surface area contributed by atoms with Crippen molar-refractivity contribution in [3.8, 4) is 5.75 Å². The molecule has 0 saturated carbocycles. The van der Waals surface area contributed by atoms with E-state index in [0.717, 1.165) is 11.4 Å². The smallest absolute Gasteiger partial charge is 0.119 e. The molecule has 4 heteroatoms. The van der Waals surface area contributed by atoms with E-state index >= 15 is 0 Å². The van der Waals surface area contributed by atoms with Gasteiger partial charge in [-0.3, -0.25) is 0 Å². The van der Waals surface area contributed by atoms with Crippen LogP contribution >= 0.6 is 0 Å². The van der Waals surface area contributed by atoms with Crippen molar-refractivity contribution < 1.29 is 9.84 Å². The summed E-state index contributed by atoms with van der Waals surface area (Å²) in [5, 5.41) is 15.0. The van der Waals surface area contributed by atoms with Gasteiger partial charge in [-0.1, -0.05) is 18.2 Å². The Morgan fingerprint density at radius 2 is 1.79 bits per heavy atom. The van der Waals surface area contributed by atoms with Gasteiger partial charge in [0.25, 0.3) is 0 Å². The van der Waals surface area contributed by atoms with Crippen LogP contribution in [0.15, 0.2) is 48.5 Å². The third-order valence-electron chi connectivity index (χ3n) is 4.57. The van der Waals surface area contributed by atoms with Gasteiger partial charge in [0.1, 0.15) is 5.75 Å². The summed E-state index contributed by atoms with van der Waals surface area (Å²) in [5.41, 5.74) is 4.64. The molecule has 126 valence electrons. The fraction of sp³-hybridized carbons (Fsp3) is 0.300. The number of nitrogens with one attached hydrogen (secondary N) is 1. The van der Waals surface area contributed by atoms with Gasteiger partial charge < -0.3 is 19.7 Å². The van der Waals surface area contributed by atoms with Crippen LogP contribution in [0.1, 0.15) is 11.3 Å². The molecule has 0 aliphatic rings. The summed E-state index contributed by atoms with van der Waals surface area (Å²) in [4.78, 5) is 0. The molecule has 0 aliphatic heterocycles.